The van der Waals surface area contributed by atoms with Crippen LogP contribution in [0.25, 0.3) is 0 Å². The predicted octanol–water partition coefficient (Wildman–Crippen LogP) is 1.70. The summed E-state index contributed by atoms with van der Waals surface area (Å²) in [7, 11) is 2.17. The van der Waals surface area contributed by atoms with E-state index < -0.39 is 0 Å². The zero-order chi connectivity index (χ0) is 9.56. The maximum absolute atomic E-state index is 5.65. The van der Waals surface area contributed by atoms with Crippen LogP contribution in [0, 0.1) is 5.92 Å². The van der Waals surface area contributed by atoms with E-state index in [1.165, 1.54) is 13.0 Å². The number of nitrogens with zero attached hydrogens (tertiary/aromatic N) is 1. The maximum atomic E-state index is 5.65. The summed E-state index contributed by atoms with van der Waals surface area (Å²) >= 11 is 0. The molecule has 0 aromatic carbocycles. The van der Waals surface area contributed by atoms with Crippen molar-refractivity contribution in [3.63, 3.8) is 0 Å². The van der Waals surface area contributed by atoms with Gasteiger partial charge in [0.05, 0.1) is 0 Å². The molecule has 0 saturated heterocycles. The quantitative estimate of drug-likeness (QED) is 0.661. The van der Waals surface area contributed by atoms with E-state index in [4.69, 9.17) is 5.73 Å². The van der Waals surface area contributed by atoms with E-state index in [1.54, 1.807) is 0 Å². The standard InChI is InChI=1S/C10H24N2/c1-5-10(8-11)12(4)7-6-9(2)3/h9-10H,5-8,11H2,1-4H3. The average molecular weight is 172 g/mol. The van der Waals surface area contributed by atoms with Gasteiger partial charge in [-0.2, -0.15) is 0 Å². The molecule has 0 aliphatic carbocycles. The molecule has 0 spiro atoms. The molecule has 0 rings (SSSR count). The zero-order valence-electron chi connectivity index (χ0n) is 9.01. The number of hydrogen-bond donors (Lipinski definition) is 1. The zero-order valence-corrected chi connectivity index (χ0v) is 9.01. The second kappa shape index (κ2) is 6.44. The lowest BCUT2D eigenvalue weighted by Gasteiger charge is -2.26. The summed E-state index contributed by atoms with van der Waals surface area (Å²) < 4.78 is 0. The summed E-state index contributed by atoms with van der Waals surface area (Å²) in [6.07, 6.45) is 2.43. The third-order valence-corrected chi connectivity index (χ3v) is 2.43. The lowest BCUT2D eigenvalue weighted by molar-refractivity contribution is 0.228. The van der Waals surface area contributed by atoms with Crippen LogP contribution in [0.5, 0.6) is 0 Å². The van der Waals surface area contributed by atoms with Crippen LogP contribution < -0.4 is 5.73 Å². The van der Waals surface area contributed by atoms with Crippen molar-refractivity contribution in [1.29, 1.82) is 0 Å². The molecule has 0 aliphatic heterocycles. The Morgan fingerprint density at radius 3 is 2.25 bits per heavy atom. The topological polar surface area (TPSA) is 29.3 Å². The van der Waals surface area contributed by atoms with Crippen molar-refractivity contribution in [2.45, 2.75) is 39.7 Å². The van der Waals surface area contributed by atoms with E-state index in [9.17, 15) is 0 Å². The van der Waals surface area contributed by atoms with E-state index in [0.717, 1.165) is 18.9 Å². The van der Waals surface area contributed by atoms with Crippen molar-refractivity contribution in [1.82, 2.24) is 4.90 Å². The molecule has 0 fully saturated rings. The van der Waals surface area contributed by atoms with Gasteiger partial charge in [0.2, 0.25) is 0 Å². The molecule has 0 aromatic rings. The van der Waals surface area contributed by atoms with Crippen LogP contribution in [0.2, 0.25) is 0 Å². The van der Waals surface area contributed by atoms with Crippen LogP contribution in [-0.4, -0.2) is 31.1 Å². The first-order valence-electron chi connectivity index (χ1n) is 5.02. The van der Waals surface area contributed by atoms with E-state index >= 15 is 0 Å². The smallest absolute Gasteiger partial charge is 0.0212 e. The van der Waals surface area contributed by atoms with Gasteiger partial charge < -0.3 is 10.6 Å². The second-order valence-electron chi connectivity index (χ2n) is 3.96. The van der Waals surface area contributed by atoms with Crippen LogP contribution >= 0.6 is 0 Å². The first kappa shape index (κ1) is 11.9. The Labute approximate surface area is 77.1 Å². The molecule has 0 aromatic heterocycles. The van der Waals surface area contributed by atoms with E-state index in [-0.39, 0.29) is 0 Å². The molecule has 1 unspecified atom stereocenters. The van der Waals surface area contributed by atoms with Crippen LogP contribution in [0.3, 0.4) is 0 Å². The number of hydrogen-bond acceptors (Lipinski definition) is 2. The minimum absolute atomic E-state index is 0.573. The molecule has 2 N–H and O–H groups in total. The SMILES string of the molecule is CCC(CN)N(C)CCC(C)C. The Morgan fingerprint density at radius 2 is 1.92 bits per heavy atom. The molecular formula is C10H24N2. The van der Waals surface area contributed by atoms with E-state index in [1.807, 2.05) is 0 Å². The molecule has 1 atom stereocenters. The Morgan fingerprint density at radius 1 is 1.33 bits per heavy atom. The average Bonchev–Trinajstić information content (AvgIpc) is 2.03. The minimum Gasteiger partial charge on any atom is -0.329 e. The Hall–Kier alpha value is -0.0800. The summed E-state index contributed by atoms with van der Waals surface area (Å²) in [6, 6.07) is 0.573. The molecule has 0 bridgehead atoms. The summed E-state index contributed by atoms with van der Waals surface area (Å²) in [5, 5.41) is 0. The molecular weight excluding hydrogens is 148 g/mol. The van der Waals surface area contributed by atoms with Gasteiger partial charge in [-0.15, -0.1) is 0 Å². The van der Waals surface area contributed by atoms with Crippen molar-refractivity contribution in [3.8, 4) is 0 Å². The lowest BCUT2D eigenvalue weighted by Crippen LogP contribution is -2.38. The number of nitrogens with two attached hydrogens (primary N) is 1. The normalized spacial score (nSPS) is 14.2. The summed E-state index contributed by atoms with van der Waals surface area (Å²) in [5.74, 6) is 0.794. The van der Waals surface area contributed by atoms with Gasteiger partial charge in [0.15, 0.2) is 0 Å². The van der Waals surface area contributed by atoms with E-state index in [2.05, 4.69) is 32.7 Å². The van der Waals surface area contributed by atoms with Gasteiger partial charge in [-0.05, 0) is 32.4 Å². The predicted molar refractivity (Wildman–Crippen MR) is 55.2 cm³/mol. The highest BCUT2D eigenvalue weighted by atomic mass is 15.1. The van der Waals surface area contributed by atoms with Crippen molar-refractivity contribution >= 4 is 0 Å². The molecule has 0 saturated carbocycles. The lowest BCUT2D eigenvalue weighted by atomic mass is 10.1. The Bertz CT molecular complexity index is 98.0. The second-order valence-corrected chi connectivity index (χ2v) is 3.96. The molecule has 0 aliphatic rings. The van der Waals surface area contributed by atoms with E-state index in [0.29, 0.717) is 6.04 Å². The summed E-state index contributed by atoms with van der Waals surface area (Å²) in [6.45, 7) is 8.68. The van der Waals surface area contributed by atoms with Crippen molar-refractivity contribution in [2.75, 3.05) is 20.1 Å². The highest BCUT2D eigenvalue weighted by Crippen LogP contribution is 2.05. The highest BCUT2D eigenvalue weighted by molar-refractivity contribution is 4.67. The third kappa shape index (κ3) is 4.73. The van der Waals surface area contributed by atoms with Crippen LogP contribution in [-0.2, 0) is 0 Å². The summed E-state index contributed by atoms with van der Waals surface area (Å²) in [5.41, 5.74) is 5.65. The van der Waals surface area contributed by atoms with Crippen molar-refractivity contribution < 1.29 is 0 Å². The van der Waals surface area contributed by atoms with Crippen molar-refractivity contribution in [3.05, 3.63) is 0 Å². The van der Waals surface area contributed by atoms with Crippen LogP contribution in [0.4, 0.5) is 0 Å². The Balaban J connectivity index is 3.61. The van der Waals surface area contributed by atoms with Gasteiger partial charge in [-0.3, -0.25) is 0 Å². The Kier molecular flexibility index (Phi) is 6.39. The van der Waals surface area contributed by atoms with Gasteiger partial charge in [0.1, 0.15) is 0 Å². The largest absolute Gasteiger partial charge is 0.329 e. The van der Waals surface area contributed by atoms with Gasteiger partial charge in [0, 0.05) is 12.6 Å². The molecule has 74 valence electrons. The van der Waals surface area contributed by atoms with Crippen LogP contribution in [0.1, 0.15) is 33.6 Å². The molecule has 0 amide bonds. The van der Waals surface area contributed by atoms with Gasteiger partial charge in [0.25, 0.3) is 0 Å². The fraction of sp³-hybridized carbons (Fsp3) is 1.00. The third-order valence-electron chi connectivity index (χ3n) is 2.43. The maximum Gasteiger partial charge on any atom is 0.0212 e. The van der Waals surface area contributed by atoms with Crippen molar-refractivity contribution in [2.24, 2.45) is 11.7 Å². The highest BCUT2D eigenvalue weighted by Gasteiger charge is 2.09. The monoisotopic (exact) mass is 172 g/mol. The molecule has 0 radical (unpaired) electrons. The molecule has 2 heteroatoms. The fourth-order valence-electron chi connectivity index (χ4n) is 1.30. The fourth-order valence-corrected chi connectivity index (χ4v) is 1.30. The summed E-state index contributed by atoms with van der Waals surface area (Å²) in [4.78, 5) is 2.38. The number of rotatable bonds is 6. The minimum atomic E-state index is 0.573. The molecule has 12 heavy (non-hydrogen) atoms. The van der Waals surface area contributed by atoms with Gasteiger partial charge in [-0.25, -0.2) is 0 Å². The first-order valence-corrected chi connectivity index (χ1v) is 5.02. The first-order chi connectivity index (χ1) is 5.61. The number of likely N-dealkylation sites (N-methyl/N-ethyl adjacent to an activating group) is 1. The van der Waals surface area contributed by atoms with Gasteiger partial charge in [-0.1, -0.05) is 20.8 Å². The van der Waals surface area contributed by atoms with Crippen LogP contribution in [0.15, 0.2) is 0 Å². The van der Waals surface area contributed by atoms with Gasteiger partial charge >= 0.3 is 0 Å². The molecule has 2 nitrogen and oxygen atoms in total. The molecule has 0 heterocycles.